The maximum absolute atomic E-state index is 12.5. The van der Waals surface area contributed by atoms with Crippen LogP contribution in [0.5, 0.6) is 0 Å². The first-order valence-electron chi connectivity index (χ1n) is 6.20. The molecule has 0 bridgehead atoms. The van der Waals surface area contributed by atoms with Crippen molar-refractivity contribution in [3.05, 3.63) is 35.9 Å². The van der Waals surface area contributed by atoms with Crippen molar-refractivity contribution in [2.45, 2.75) is 38.9 Å². The fourth-order valence-electron chi connectivity index (χ4n) is 1.94. The molecule has 0 unspecified atom stereocenters. The van der Waals surface area contributed by atoms with E-state index in [0.717, 1.165) is 6.08 Å². The van der Waals surface area contributed by atoms with Crippen molar-refractivity contribution in [3.8, 4) is 0 Å². The van der Waals surface area contributed by atoms with Crippen LogP contribution in [0.15, 0.2) is 30.3 Å². The first-order chi connectivity index (χ1) is 8.73. The Hall–Kier alpha value is -1.20. The predicted molar refractivity (Wildman–Crippen MR) is 72.4 cm³/mol. The third-order valence-electron chi connectivity index (χ3n) is 3.77. The van der Waals surface area contributed by atoms with Crippen molar-refractivity contribution in [2.75, 3.05) is 0 Å². The quantitative estimate of drug-likeness (QED) is 0.765. The Bertz CT molecular complexity index is 492. The molecule has 5 heteroatoms. The molecule has 0 aromatic heterocycles. The SMILES string of the molecule is CC1(C)OB(c2ccccc2C=C(F)F)OC1(C)C. The van der Waals surface area contributed by atoms with Crippen LogP contribution in [0.4, 0.5) is 8.78 Å². The van der Waals surface area contributed by atoms with Gasteiger partial charge in [-0.15, -0.1) is 0 Å². The summed E-state index contributed by atoms with van der Waals surface area (Å²) in [5.41, 5.74) is 0.0702. The first kappa shape index (κ1) is 14.2. The fourth-order valence-corrected chi connectivity index (χ4v) is 1.94. The van der Waals surface area contributed by atoms with E-state index in [-0.39, 0.29) is 0 Å². The summed E-state index contributed by atoms with van der Waals surface area (Å²) in [5.74, 6) is 0. The Morgan fingerprint density at radius 1 is 1.05 bits per heavy atom. The van der Waals surface area contributed by atoms with E-state index in [1.54, 1.807) is 24.3 Å². The largest absolute Gasteiger partial charge is 0.495 e. The molecule has 0 aliphatic carbocycles. The molecule has 1 aliphatic rings. The summed E-state index contributed by atoms with van der Waals surface area (Å²) in [5, 5.41) is 0. The van der Waals surface area contributed by atoms with Gasteiger partial charge in [-0.2, -0.15) is 8.78 Å². The van der Waals surface area contributed by atoms with E-state index in [2.05, 4.69) is 0 Å². The van der Waals surface area contributed by atoms with Crippen molar-refractivity contribution in [2.24, 2.45) is 0 Å². The first-order valence-corrected chi connectivity index (χ1v) is 6.20. The molecule has 0 amide bonds. The highest BCUT2D eigenvalue weighted by atomic mass is 19.3. The van der Waals surface area contributed by atoms with Gasteiger partial charge in [0.1, 0.15) is 0 Å². The number of rotatable bonds is 2. The van der Waals surface area contributed by atoms with Gasteiger partial charge in [0.2, 0.25) is 0 Å². The number of hydrogen-bond donors (Lipinski definition) is 0. The summed E-state index contributed by atoms with van der Waals surface area (Å²) in [6.07, 6.45) is -0.899. The Balaban J connectivity index is 2.37. The molecule has 102 valence electrons. The summed E-state index contributed by atoms with van der Waals surface area (Å²) in [6, 6.07) is 6.87. The van der Waals surface area contributed by atoms with E-state index in [9.17, 15) is 8.78 Å². The van der Waals surface area contributed by atoms with Gasteiger partial charge in [0, 0.05) is 6.08 Å². The lowest BCUT2D eigenvalue weighted by Crippen LogP contribution is -2.41. The minimum atomic E-state index is -1.73. The lowest BCUT2D eigenvalue weighted by Gasteiger charge is -2.32. The molecule has 0 atom stereocenters. The van der Waals surface area contributed by atoms with E-state index < -0.39 is 24.4 Å². The summed E-state index contributed by atoms with van der Waals surface area (Å²) < 4.78 is 36.7. The second kappa shape index (κ2) is 4.73. The van der Waals surface area contributed by atoms with Crippen LogP contribution in [0.3, 0.4) is 0 Å². The molecule has 1 aromatic carbocycles. The van der Waals surface area contributed by atoms with Crippen LogP contribution < -0.4 is 5.46 Å². The average molecular weight is 266 g/mol. The van der Waals surface area contributed by atoms with Gasteiger partial charge in [-0.3, -0.25) is 0 Å². The van der Waals surface area contributed by atoms with Crippen LogP contribution in [0, 0.1) is 0 Å². The van der Waals surface area contributed by atoms with Crippen LogP contribution in [-0.4, -0.2) is 18.3 Å². The minimum absolute atomic E-state index is 0.418. The van der Waals surface area contributed by atoms with Crippen LogP contribution in [0.1, 0.15) is 33.3 Å². The van der Waals surface area contributed by atoms with E-state index in [1.165, 1.54) is 0 Å². The van der Waals surface area contributed by atoms with Gasteiger partial charge in [-0.25, -0.2) is 0 Å². The third-order valence-corrected chi connectivity index (χ3v) is 3.77. The molecular weight excluding hydrogens is 249 g/mol. The van der Waals surface area contributed by atoms with Gasteiger partial charge in [-0.05, 0) is 38.7 Å². The zero-order chi connectivity index (χ0) is 14.3. The van der Waals surface area contributed by atoms with Crippen LogP contribution in [-0.2, 0) is 9.31 Å². The molecule has 0 spiro atoms. The van der Waals surface area contributed by atoms with Gasteiger partial charge >= 0.3 is 7.12 Å². The zero-order valence-electron chi connectivity index (χ0n) is 11.5. The van der Waals surface area contributed by atoms with Crippen molar-refractivity contribution in [1.29, 1.82) is 0 Å². The van der Waals surface area contributed by atoms with Gasteiger partial charge in [0.05, 0.1) is 11.2 Å². The van der Waals surface area contributed by atoms with E-state index in [4.69, 9.17) is 9.31 Å². The lowest BCUT2D eigenvalue weighted by molar-refractivity contribution is 0.00578. The summed E-state index contributed by atoms with van der Waals surface area (Å²) in [4.78, 5) is 0. The normalized spacial score (nSPS) is 20.4. The van der Waals surface area contributed by atoms with Crippen molar-refractivity contribution in [1.82, 2.24) is 0 Å². The zero-order valence-corrected chi connectivity index (χ0v) is 11.5. The summed E-state index contributed by atoms with van der Waals surface area (Å²) in [7, 11) is -0.628. The standard InChI is InChI=1S/C14H17BF2O2/c1-13(2)14(3,4)19-15(18-13)11-8-6-5-7-10(11)9-12(16)17/h5-9H,1-4H3. The van der Waals surface area contributed by atoms with Crippen LogP contribution in [0.25, 0.3) is 6.08 Å². The molecule has 0 N–H and O–H groups in total. The smallest absolute Gasteiger partial charge is 0.399 e. The second-order valence-corrected chi connectivity index (χ2v) is 5.65. The molecule has 1 aliphatic heterocycles. The maximum Gasteiger partial charge on any atom is 0.495 e. The van der Waals surface area contributed by atoms with E-state index in [0.29, 0.717) is 11.0 Å². The molecule has 1 fully saturated rings. The Morgan fingerprint density at radius 3 is 2.11 bits per heavy atom. The Labute approximate surface area is 112 Å². The average Bonchev–Trinajstić information content (AvgIpc) is 2.48. The number of benzene rings is 1. The Morgan fingerprint density at radius 2 is 1.58 bits per heavy atom. The fraction of sp³-hybridized carbons (Fsp3) is 0.429. The minimum Gasteiger partial charge on any atom is -0.399 e. The monoisotopic (exact) mass is 266 g/mol. The van der Waals surface area contributed by atoms with Crippen LogP contribution >= 0.6 is 0 Å². The van der Waals surface area contributed by atoms with Gasteiger partial charge in [-0.1, -0.05) is 24.3 Å². The van der Waals surface area contributed by atoms with Crippen molar-refractivity contribution >= 4 is 18.7 Å². The second-order valence-electron chi connectivity index (χ2n) is 5.65. The highest BCUT2D eigenvalue weighted by Gasteiger charge is 2.52. The number of halogens is 2. The lowest BCUT2D eigenvalue weighted by atomic mass is 9.76. The molecule has 2 rings (SSSR count). The highest BCUT2D eigenvalue weighted by Crippen LogP contribution is 2.36. The molecule has 0 radical (unpaired) electrons. The van der Waals surface area contributed by atoms with Crippen molar-refractivity contribution in [3.63, 3.8) is 0 Å². The molecule has 1 saturated heterocycles. The molecule has 19 heavy (non-hydrogen) atoms. The molecule has 1 aromatic rings. The van der Waals surface area contributed by atoms with Gasteiger partial charge in [0.15, 0.2) is 0 Å². The topological polar surface area (TPSA) is 18.5 Å². The molecule has 2 nitrogen and oxygen atoms in total. The number of hydrogen-bond acceptors (Lipinski definition) is 2. The van der Waals surface area contributed by atoms with Gasteiger partial charge < -0.3 is 9.31 Å². The molecule has 0 saturated carbocycles. The van der Waals surface area contributed by atoms with E-state index >= 15 is 0 Å². The summed E-state index contributed by atoms with van der Waals surface area (Å²) in [6.45, 7) is 7.73. The van der Waals surface area contributed by atoms with Gasteiger partial charge in [0.25, 0.3) is 6.08 Å². The Kier molecular flexibility index (Phi) is 3.54. The predicted octanol–water partition coefficient (Wildman–Crippen LogP) is 3.22. The highest BCUT2D eigenvalue weighted by molar-refractivity contribution is 6.63. The summed E-state index contributed by atoms with van der Waals surface area (Å²) >= 11 is 0. The van der Waals surface area contributed by atoms with E-state index in [1.807, 2.05) is 27.7 Å². The van der Waals surface area contributed by atoms with Crippen LogP contribution in [0.2, 0.25) is 0 Å². The van der Waals surface area contributed by atoms with Crippen molar-refractivity contribution < 1.29 is 18.1 Å². The maximum atomic E-state index is 12.5. The molecular formula is C14H17BF2O2. The molecule has 1 heterocycles. The third kappa shape index (κ3) is 2.72.